The molecular formula is C17H9ClF3NO5S. The van der Waals surface area contributed by atoms with Crippen LogP contribution in [-0.2, 0) is 15.8 Å². The lowest BCUT2D eigenvalue weighted by Crippen LogP contribution is -2.33. The highest BCUT2D eigenvalue weighted by atomic mass is 35.5. The molecule has 0 radical (unpaired) electrons. The fourth-order valence-electron chi connectivity index (χ4n) is 2.37. The van der Waals surface area contributed by atoms with E-state index in [0.717, 1.165) is 18.2 Å². The number of imide groups is 1. The molecule has 1 N–H and O–H groups in total. The number of amides is 2. The van der Waals surface area contributed by atoms with E-state index in [0.29, 0.717) is 16.7 Å². The van der Waals surface area contributed by atoms with E-state index >= 15 is 0 Å². The third-order valence-electron chi connectivity index (χ3n) is 3.63. The number of aliphatic carboxylic acids is 1. The van der Waals surface area contributed by atoms with Crippen molar-refractivity contribution in [1.29, 1.82) is 0 Å². The zero-order valence-corrected chi connectivity index (χ0v) is 15.2. The lowest BCUT2D eigenvalue weighted by atomic mass is 10.1. The van der Waals surface area contributed by atoms with Crippen LogP contribution in [0.4, 0.5) is 18.0 Å². The van der Waals surface area contributed by atoms with Crippen LogP contribution in [0, 0.1) is 0 Å². The first-order valence-corrected chi connectivity index (χ1v) is 8.70. The van der Waals surface area contributed by atoms with Gasteiger partial charge < -0.3 is 9.52 Å². The summed E-state index contributed by atoms with van der Waals surface area (Å²) in [6.45, 7) is -0.773. The van der Waals surface area contributed by atoms with Crippen molar-refractivity contribution in [2.24, 2.45) is 0 Å². The van der Waals surface area contributed by atoms with Crippen molar-refractivity contribution in [3.05, 3.63) is 51.6 Å². The van der Waals surface area contributed by atoms with Crippen LogP contribution in [0.2, 0.25) is 5.02 Å². The molecule has 0 unspecified atom stereocenters. The molecule has 2 aromatic rings. The molecule has 1 aliphatic heterocycles. The maximum Gasteiger partial charge on any atom is 0.416 e. The number of thioether (sulfide) groups is 1. The molecule has 146 valence electrons. The minimum absolute atomic E-state index is 0.00937. The summed E-state index contributed by atoms with van der Waals surface area (Å²) in [6, 6.07) is 5.53. The number of carboxylic acids is 1. The molecule has 0 atom stereocenters. The highest BCUT2D eigenvalue weighted by Crippen LogP contribution is 2.37. The molecule has 1 aromatic heterocycles. The molecule has 3 rings (SSSR count). The maximum atomic E-state index is 12.9. The Labute approximate surface area is 164 Å². The van der Waals surface area contributed by atoms with Crippen molar-refractivity contribution in [2.75, 3.05) is 6.54 Å². The largest absolute Gasteiger partial charge is 0.480 e. The molecule has 1 aliphatic rings. The molecule has 2 amide bonds. The van der Waals surface area contributed by atoms with Gasteiger partial charge in [0.15, 0.2) is 0 Å². The highest BCUT2D eigenvalue weighted by molar-refractivity contribution is 8.18. The van der Waals surface area contributed by atoms with Gasteiger partial charge in [-0.1, -0.05) is 11.6 Å². The van der Waals surface area contributed by atoms with E-state index in [-0.39, 0.29) is 27.0 Å². The minimum Gasteiger partial charge on any atom is -0.480 e. The van der Waals surface area contributed by atoms with Gasteiger partial charge in [0.05, 0.1) is 15.5 Å². The third-order valence-corrected chi connectivity index (χ3v) is 4.86. The Morgan fingerprint density at radius 2 is 1.96 bits per heavy atom. The number of hydrogen-bond donors (Lipinski definition) is 1. The van der Waals surface area contributed by atoms with Crippen molar-refractivity contribution in [3.8, 4) is 11.3 Å². The van der Waals surface area contributed by atoms with E-state index in [1.54, 1.807) is 0 Å². The average Bonchev–Trinajstić information content (AvgIpc) is 3.15. The topological polar surface area (TPSA) is 87.8 Å². The molecule has 1 saturated heterocycles. The van der Waals surface area contributed by atoms with Crippen LogP contribution in [0.3, 0.4) is 0 Å². The van der Waals surface area contributed by atoms with Gasteiger partial charge in [-0.3, -0.25) is 19.3 Å². The van der Waals surface area contributed by atoms with Crippen LogP contribution in [0.25, 0.3) is 17.4 Å². The first-order valence-electron chi connectivity index (χ1n) is 7.50. The number of benzene rings is 1. The molecule has 0 aliphatic carbocycles. The van der Waals surface area contributed by atoms with Gasteiger partial charge >= 0.3 is 12.1 Å². The predicted octanol–water partition coefficient (Wildman–Crippen LogP) is 4.74. The second-order valence-electron chi connectivity index (χ2n) is 5.56. The molecule has 0 saturated carbocycles. The van der Waals surface area contributed by atoms with Gasteiger partial charge in [0, 0.05) is 11.6 Å². The first kappa shape index (κ1) is 20.0. The summed E-state index contributed by atoms with van der Waals surface area (Å²) in [5.41, 5.74) is -0.894. The van der Waals surface area contributed by atoms with E-state index in [1.165, 1.54) is 18.2 Å². The Morgan fingerprint density at radius 1 is 1.25 bits per heavy atom. The smallest absolute Gasteiger partial charge is 0.416 e. The van der Waals surface area contributed by atoms with E-state index in [4.69, 9.17) is 21.1 Å². The van der Waals surface area contributed by atoms with Crippen LogP contribution >= 0.6 is 23.4 Å². The molecule has 28 heavy (non-hydrogen) atoms. The van der Waals surface area contributed by atoms with Crippen molar-refractivity contribution in [2.45, 2.75) is 6.18 Å². The summed E-state index contributed by atoms with van der Waals surface area (Å²) in [4.78, 5) is 35.0. The third kappa shape index (κ3) is 4.07. The van der Waals surface area contributed by atoms with E-state index < -0.39 is 35.4 Å². The Balaban J connectivity index is 1.90. The summed E-state index contributed by atoms with van der Waals surface area (Å²) in [6.07, 6.45) is -3.35. The first-order chi connectivity index (χ1) is 13.1. The number of furan rings is 1. The number of carbonyl (C=O) groups excluding carboxylic acids is 2. The number of hydrogen-bond acceptors (Lipinski definition) is 5. The monoisotopic (exact) mass is 431 g/mol. The average molecular weight is 432 g/mol. The van der Waals surface area contributed by atoms with Crippen molar-refractivity contribution in [3.63, 3.8) is 0 Å². The second kappa shape index (κ2) is 7.36. The molecule has 6 nitrogen and oxygen atoms in total. The van der Waals surface area contributed by atoms with Crippen LogP contribution in [0.15, 0.2) is 39.7 Å². The van der Waals surface area contributed by atoms with Gasteiger partial charge in [-0.2, -0.15) is 13.2 Å². The van der Waals surface area contributed by atoms with E-state index in [2.05, 4.69) is 0 Å². The lowest BCUT2D eigenvalue weighted by Gasteiger charge is -2.09. The van der Waals surface area contributed by atoms with Crippen molar-refractivity contribution in [1.82, 2.24) is 4.90 Å². The quantitative estimate of drug-likeness (QED) is 0.703. The van der Waals surface area contributed by atoms with E-state index in [1.807, 2.05) is 0 Å². The number of halogens is 4. The zero-order chi connectivity index (χ0) is 20.6. The fraction of sp³-hybridized carbons (Fsp3) is 0.118. The van der Waals surface area contributed by atoms with Gasteiger partial charge in [-0.15, -0.1) is 0 Å². The van der Waals surface area contributed by atoms with Gasteiger partial charge in [0.25, 0.3) is 11.1 Å². The van der Waals surface area contributed by atoms with E-state index in [9.17, 15) is 27.6 Å². The summed E-state index contributed by atoms with van der Waals surface area (Å²) < 4.78 is 44.1. The molecular weight excluding hydrogens is 423 g/mol. The van der Waals surface area contributed by atoms with Crippen LogP contribution in [0.1, 0.15) is 11.3 Å². The molecule has 1 aromatic carbocycles. The molecule has 1 fully saturated rings. The molecule has 2 heterocycles. The standard InChI is InChI=1S/C17H9ClF3NO5S/c18-11-3-1-8(17(19,20)21)5-10(11)12-4-2-9(27-12)6-13-15(25)22(7-14(23)24)16(26)28-13/h1-6H,7H2,(H,23,24). The molecule has 0 bridgehead atoms. The molecule has 11 heteroatoms. The lowest BCUT2D eigenvalue weighted by molar-refractivity contribution is -0.140. The second-order valence-corrected chi connectivity index (χ2v) is 6.96. The summed E-state index contributed by atoms with van der Waals surface area (Å²) >= 11 is 6.50. The summed E-state index contributed by atoms with van der Waals surface area (Å²) in [5, 5.41) is 8.03. The summed E-state index contributed by atoms with van der Waals surface area (Å²) in [5.74, 6) is -2.02. The Bertz CT molecular complexity index is 1010. The fourth-order valence-corrected chi connectivity index (χ4v) is 3.40. The SMILES string of the molecule is O=C(O)CN1C(=O)SC(=Cc2ccc(-c3cc(C(F)(F)F)ccc3Cl)o2)C1=O. The number of carbonyl (C=O) groups is 3. The Hall–Kier alpha value is -2.72. The van der Waals surface area contributed by atoms with Crippen LogP contribution in [0.5, 0.6) is 0 Å². The predicted molar refractivity (Wildman–Crippen MR) is 94.5 cm³/mol. The zero-order valence-electron chi connectivity index (χ0n) is 13.6. The van der Waals surface area contributed by atoms with Gasteiger partial charge in [0.1, 0.15) is 18.1 Å². The minimum atomic E-state index is -4.56. The normalized spacial score (nSPS) is 16.3. The van der Waals surface area contributed by atoms with Gasteiger partial charge in [0.2, 0.25) is 0 Å². The molecule has 0 spiro atoms. The maximum absolute atomic E-state index is 12.9. The van der Waals surface area contributed by atoms with Crippen molar-refractivity contribution >= 4 is 46.6 Å². The highest BCUT2D eigenvalue weighted by Gasteiger charge is 2.36. The number of alkyl halides is 3. The summed E-state index contributed by atoms with van der Waals surface area (Å²) in [7, 11) is 0. The van der Waals surface area contributed by atoms with Crippen LogP contribution < -0.4 is 0 Å². The number of nitrogens with zero attached hydrogens (tertiary/aromatic N) is 1. The van der Waals surface area contributed by atoms with Crippen molar-refractivity contribution < 1.29 is 37.1 Å². The van der Waals surface area contributed by atoms with Gasteiger partial charge in [-0.25, -0.2) is 0 Å². The number of rotatable bonds is 4. The Kier molecular flexibility index (Phi) is 5.26. The van der Waals surface area contributed by atoms with Crippen LogP contribution in [-0.4, -0.2) is 33.7 Å². The van der Waals surface area contributed by atoms with Gasteiger partial charge in [-0.05, 0) is 42.1 Å². The Morgan fingerprint density at radius 3 is 2.61 bits per heavy atom. The number of carboxylic acid groups (broad SMARTS) is 1.